The fraction of sp³-hybridized carbons (Fsp3) is 0.846. The molecule has 2 rings (SSSR count). The van der Waals surface area contributed by atoms with E-state index in [-0.39, 0.29) is 0 Å². The van der Waals surface area contributed by atoms with Gasteiger partial charge in [0.1, 0.15) is 0 Å². The van der Waals surface area contributed by atoms with Gasteiger partial charge in [-0.25, -0.2) is 0 Å². The van der Waals surface area contributed by atoms with Crippen molar-refractivity contribution in [1.29, 1.82) is 0 Å². The molecule has 1 aromatic rings. The van der Waals surface area contributed by atoms with Crippen LogP contribution in [-0.4, -0.2) is 18.4 Å². The predicted molar refractivity (Wildman–Crippen MR) is 133 cm³/mol. The van der Waals surface area contributed by atoms with Gasteiger partial charge in [-0.1, -0.05) is 0 Å². The van der Waals surface area contributed by atoms with Gasteiger partial charge in [-0.3, -0.25) is 0 Å². The molecule has 1 heterocycles. The second-order valence-electron chi connectivity index (χ2n) is 9.61. The first-order valence-corrected chi connectivity index (χ1v) is 21.1. The Balaban J connectivity index is 1.92. The Morgan fingerprint density at radius 2 is 1.39 bits per heavy atom. The van der Waals surface area contributed by atoms with Crippen LogP contribution in [0.25, 0.3) is 0 Å². The molecular formula is C26H48SSn. The molecule has 0 bridgehead atoms. The number of unbranched alkanes of at least 4 members (excludes halogenated alkanes) is 4. The third kappa shape index (κ3) is 8.32. The molecule has 2 heteroatoms. The maximum atomic E-state index is 2.62. The summed E-state index contributed by atoms with van der Waals surface area (Å²) in [6, 6.07) is 5.16. The summed E-state index contributed by atoms with van der Waals surface area (Å²) < 4.78 is 6.79. The molecular weight excluding hydrogens is 463 g/mol. The van der Waals surface area contributed by atoms with E-state index in [1.165, 1.54) is 96.3 Å². The van der Waals surface area contributed by atoms with Crippen LogP contribution in [0.1, 0.15) is 116 Å². The van der Waals surface area contributed by atoms with Crippen LogP contribution in [0.2, 0.25) is 13.3 Å². The first-order chi connectivity index (χ1) is 13.7. The summed E-state index contributed by atoms with van der Waals surface area (Å²) in [6.45, 7) is 7.17. The van der Waals surface area contributed by atoms with Crippen LogP contribution in [0.15, 0.2) is 12.1 Å². The van der Waals surface area contributed by atoms with Gasteiger partial charge >= 0.3 is 186 Å². The van der Waals surface area contributed by atoms with Gasteiger partial charge in [0.05, 0.1) is 0 Å². The van der Waals surface area contributed by atoms with Gasteiger partial charge < -0.3 is 0 Å². The third-order valence-electron chi connectivity index (χ3n) is 7.22. The van der Waals surface area contributed by atoms with E-state index in [0.29, 0.717) is 0 Å². The quantitative estimate of drug-likeness (QED) is 0.163. The van der Waals surface area contributed by atoms with Gasteiger partial charge in [0.2, 0.25) is 0 Å². The van der Waals surface area contributed by atoms with E-state index in [0.717, 1.165) is 5.92 Å². The van der Waals surface area contributed by atoms with Crippen molar-refractivity contribution in [2.24, 2.45) is 5.92 Å². The molecule has 0 N–H and O–H groups in total. The molecule has 1 aliphatic carbocycles. The molecule has 1 saturated carbocycles. The molecule has 1 aliphatic rings. The van der Waals surface area contributed by atoms with Crippen molar-refractivity contribution in [2.45, 2.75) is 130 Å². The minimum atomic E-state index is -2.16. The van der Waals surface area contributed by atoms with Gasteiger partial charge in [-0.15, -0.1) is 0 Å². The van der Waals surface area contributed by atoms with E-state index in [4.69, 9.17) is 0 Å². The Labute approximate surface area is 185 Å². The molecule has 0 radical (unpaired) electrons. The van der Waals surface area contributed by atoms with E-state index in [1.54, 1.807) is 18.2 Å². The molecule has 0 saturated heterocycles. The van der Waals surface area contributed by atoms with Crippen LogP contribution in [0.3, 0.4) is 0 Å². The Bertz CT molecular complexity index is 479. The van der Waals surface area contributed by atoms with Crippen molar-refractivity contribution in [1.82, 2.24) is 0 Å². The van der Waals surface area contributed by atoms with Crippen LogP contribution in [0.5, 0.6) is 0 Å². The van der Waals surface area contributed by atoms with Crippen LogP contribution in [-0.2, 0) is 6.42 Å². The molecule has 0 aliphatic heterocycles. The second-order valence-corrected chi connectivity index (χ2v) is 24.9. The minimum absolute atomic E-state index is 1.06. The first kappa shape index (κ1) is 24.8. The molecule has 1 fully saturated rings. The van der Waals surface area contributed by atoms with E-state index in [2.05, 4.69) is 44.2 Å². The molecule has 0 aromatic carbocycles. The van der Waals surface area contributed by atoms with Gasteiger partial charge in [0, 0.05) is 0 Å². The summed E-state index contributed by atoms with van der Waals surface area (Å²) in [5.74, 6) is 1.06. The standard InChI is InChI=1S/C14H21S.3C4H9.Sn/c1-2-7-13(8-3-1)9-4-5-10-14-11-6-12-15-14;3*1-3-4-2;/h6,11,13H,1-5,7-10H2;3*1,3-4H2,2H3;. The van der Waals surface area contributed by atoms with Crippen molar-refractivity contribution in [2.75, 3.05) is 0 Å². The summed E-state index contributed by atoms with van der Waals surface area (Å²) in [5, 5.41) is 0. The maximum absolute atomic E-state index is 2.62. The Kier molecular flexibility index (Phi) is 12.8. The average molecular weight is 511 g/mol. The van der Waals surface area contributed by atoms with Gasteiger partial charge in [-0.2, -0.15) is 0 Å². The molecule has 0 unspecified atom stereocenters. The van der Waals surface area contributed by atoms with Crippen molar-refractivity contribution < 1.29 is 0 Å². The van der Waals surface area contributed by atoms with E-state index >= 15 is 0 Å². The summed E-state index contributed by atoms with van der Waals surface area (Å²) in [6.07, 6.45) is 21.9. The zero-order chi connectivity index (χ0) is 20.1. The van der Waals surface area contributed by atoms with Crippen molar-refractivity contribution in [3.63, 3.8) is 0 Å². The van der Waals surface area contributed by atoms with E-state index in [9.17, 15) is 0 Å². The summed E-state index contributed by atoms with van der Waals surface area (Å²) in [5.41, 5.74) is 0. The fourth-order valence-electron chi connectivity index (χ4n) is 5.30. The Morgan fingerprint density at radius 3 is 1.96 bits per heavy atom. The molecule has 28 heavy (non-hydrogen) atoms. The number of thiophene rings is 1. The third-order valence-corrected chi connectivity index (χ3v) is 26.6. The summed E-state index contributed by atoms with van der Waals surface area (Å²) in [7, 11) is 0. The average Bonchev–Trinajstić information content (AvgIpc) is 3.21. The topological polar surface area (TPSA) is 0 Å². The number of hydrogen-bond donors (Lipinski definition) is 0. The van der Waals surface area contributed by atoms with Gasteiger partial charge in [0.15, 0.2) is 0 Å². The number of hydrogen-bond acceptors (Lipinski definition) is 1. The molecule has 162 valence electrons. The van der Waals surface area contributed by atoms with Crippen LogP contribution >= 0.6 is 11.3 Å². The fourth-order valence-corrected chi connectivity index (χ4v) is 25.7. The van der Waals surface area contributed by atoms with Crippen LogP contribution in [0.4, 0.5) is 0 Å². The van der Waals surface area contributed by atoms with Crippen molar-refractivity contribution in [3.05, 3.63) is 17.0 Å². The Hall–Kier alpha value is 0.499. The van der Waals surface area contributed by atoms with E-state index < -0.39 is 18.4 Å². The van der Waals surface area contributed by atoms with Gasteiger partial charge in [-0.05, 0) is 0 Å². The Morgan fingerprint density at radius 1 is 0.786 bits per heavy atom. The zero-order valence-corrected chi connectivity index (χ0v) is 23.0. The molecule has 1 aromatic heterocycles. The molecule has 0 amide bonds. The SMILES string of the molecule is CCC[CH2][Sn]([CH2]CCC)([CH2]CCC)[c]1ccc(CCCCC2CCCCC2)s1. The molecule has 0 nitrogen and oxygen atoms in total. The summed E-state index contributed by atoms with van der Waals surface area (Å²) in [4.78, 5) is 1.71. The number of rotatable bonds is 15. The van der Waals surface area contributed by atoms with Crippen molar-refractivity contribution >= 4 is 32.6 Å². The van der Waals surface area contributed by atoms with Gasteiger partial charge in [0.25, 0.3) is 0 Å². The first-order valence-electron chi connectivity index (χ1n) is 12.8. The summed E-state index contributed by atoms with van der Waals surface area (Å²) >= 11 is 0.106. The molecule has 0 atom stereocenters. The number of aryl methyl sites for hydroxylation is 1. The normalized spacial score (nSPS) is 16.0. The van der Waals surface area contributed by atoms with Crippen molar-refractivity contribution in [3.8, 4) is 0 Å². The van der Waals surface area contributed by atoms with E-state index in [1.807, 2.05) is 2.89 Å². The monoisotopic (exact) mass is 512 g/mol. The molecule has 0 spiro atoms. The zero-order valence-electron chi connectivity index (χ0n) is 19.4. The van der Waals surface area contributed by atoms with Crippen LogP contribution < -0.4 is 2.89 Å². The van der Waals surface area contributed by atoms with Crippen LogP contribution in [0, 0.1) is 5.92 Å². The second kappa shape index (κ2) is 14.5. The predicted octanol–water partition coefficient (Wildman–Crippen LogP) is 9.10.